The van der Waals surface area contributed by atoms with Crippen molar-refractivity contribution in [1.82, 2.24) is 4.90 Å². The fourth-order valence-corrected chi connectivity index (χ4v) is 2.21. The second-order valence-corrected chi connectivity index (χ2v) is 4.71. The van der Waals surface area contributed by atoms with E-state index in [1.165, 1.54) is 6.07 Å². The van der Waals surface area contributed by atoms with Crippen LogP contribution in [0.25, 0.3) is 0 Å². The van der Waals surface area contributed by atoms with Crippen molar-refractivity contribution in [2.75, 3.05) is 25.5 Å². The smallest absolute Gasteiger partial charge is 0.228 e. The van der Waals surface area contributed by atoms with Gasteiger partial charge in [-0.05, 0) is 38.6 Å². The van der Waals surface area contributed by atoms with Gasteiger partial charge in [-0.2, -0.15) is 0 Å². The van der Waals surface area contributed by atoms with Crippen LogP contribution in [0.1, 0.15) is 12.8 Å². The van der Waals surface area contributed by atoms with Gasteiger partial charge in [-0.1, -0.05) is 0 Å². The molecule has 0 spiro atoms. The fourth-order valence-electron chi connectivity index (χ4n) is 2.21. The summed E-state index contributed by atoms with van der Waals surface area (Å²) in [5.74, 6) is -1.73. The summed E-state index contributed by atoms with van der Waals surface area (Å²) in [6.07, 6.45) is 1.76. The average molecular weight is 254 g/mol. The molecular weight excluding hydrogens is 238 g/mol. The number of halogens is 2. The van der Waals surface area contributed by atoms with Crippen LogP contribution in [-0.2, 0) is 4.79 Å². The Morgan fingerprint density at radius 1 is 1.44 bits per heavy atom. The maximum atomic E-state index is 13.4. The molecule has 0 aromatic heterocycles. The normalized spacial score (nSPS) is 20.7. The lowest BCUT2D eigenvalue weighted by atomic mass is 9.97. The van der Waals surface area contributed by atoms with E-state index in [0.29, 0.717) is 6.54 Å². The summed E-state index contributed by atoms with van der Waals surface area (Å²) in [6, 6.07) is 3.14. The molecule has 1 aliphatic rings. The summed E-state index contributed by atoms with van der Waals surface area (Å²) < 4.78 is 26.1. The molecule has 1 fully saturated rings. The van der Waals surface area contributed by atoms with E-state index in [2.05, 4.69) is 10.2 Å². The topological polar surface area (TPSA) is 32.3 Å². The summed E-state index contributed by atoms with van der Waals surface area (Å²) in [6.45, 7) is 1.66. The first-order valence-corrected chi connectivity index (χ1v) is 6.00. The molecule has 1 aromatic rings. The minimum Gasteiger partial charge on any atom is -0.323 e. The van der Waals surface area contributed by atoms with Gasteiger partial charge in [0.2, 0.25) is 5.91 Å². The van der Waals surface area contributed by atoms with E-state index in [1.807, 2.05) is 7.05 Å². The van der Waals surface area contributed by atoms with Crippen molar-refractivity contribution < 1.29 is 13.6 Å². The molecule has 5 heteroatoms. The molecule has 3 nitrogen and oxygen atoms in total. The quantitative estimate of drug-likeness (QED) is 0.878. The lowest BCUT2D eigenvalue weighted by Gasteiger charge is -2.28. The number of anilines is 1. The summed E-state index contributed by atoms with van der Waals surface area (Å²) in [5.41, 5.74) is 0.0367. The van der Waals surface area contributed by atoms with E-state index in [9.17, 15) is 13.6 Å². The first-order chi connectivity index (χ1) is 8.56. The van der Waals surface area contributed by atoms with Gasteiger partial charge in [-0.25, -0.2) is 8.78 Å². The number of amides is 1. The number of rotatable bonds is 2. The second kappa shape index (κ2) is 5.44. The number of nitrogens with one attached hydrogen (secondary N) is 1. The lowest BCUT2D eigenvalue weighted by molar-refractivity contribution is -0.121. The molecule has 98 valence electrons. The lowest BCUT2D eigenvalue weighted by Crippen LogP contribution is -2.38. The molecule has 0 radical (unpaired) electrons. The van der Waals surface area contributed by atoms with Gasteiger partial charge in [0.25, 0.3) is 0 Å². The Hall–Kier alpha value is -1.49. The molecule has 1 aromatic carbocycles. The largest absolute Gasteiger partial charge is 0.323 e. The number of likely N-dealkylation sites (tertiary alicyclic amines) is 1. The van der Waals surface area contributed by atoms with E-state index >= 15 is 0 Å². The van der Waals surface area contributed by atoms with Crippen LogP contribution < -0.4 is 5.32 Å². The number of carbonyl (C=O) groups excluding carboxylic acids is 1. The molecule has 1 atom stereocenters. The third-order valence-electron chi connectivity index (χ3n) is 3.18. The van der Waals surface area contributed by atoms with Gasteiger partial charge < -0.3 is 10.2 Å². The van der Waals surface area contributed by atoms with Crippen molar-refractivity contribution in [3.8, 4) is 0 Å². The van der Waals surface area contributed by atoms with Gasteiger partial charge in [-0.15, -0.1) is 0 Å². The second-order valence-electron chi connectivity index (χ2n) is 4.71. The predicted molar refractivity (Wildman–Crippen MR) is 65.2 cm³/mol. The summed E-state index contributed by atoms with van der Waals surface area (Å²) in [5, 5.41) is 2.52. The summed E-state index contributed by atoms with van der Waals surface area (Å²) in [4.78, 5) is 14.0. The van der Waals surface area contributed by atoms with E-state index in [-0.39, 0.29) is 17.5 Å². The highest BCUT2D eigenvalue weighted by atomic mass is 19.1. The van der Waals surface area contributed by atoms with E-state index in [4.69, 9.17) is 0 Å². The van der Waals surface area contributed by atoms with Crippen LogP contribution in [-0.4, -0.2) is 30.9 Å². The number of nitrogens with zero attached hydrogens (tertiary/aromatic N) is 1. The van der Waals surface area contributed by atoms with Crippen LogP contribution in [0, 0.1) is 17.6 Å². The highest BCUT2D eigenvalue weighted by Gasteiger charge is 2.24. The van der Waals surface area contributed by atoms with Crippen LogP contribution in [0.3, 0.4) is 0 Å². The Balaban J connectivity index is 2.02. The van der Waals surface area contributed by atoms with E-state index in [1.54, 1.807) is 0 Å². The van der Waals surface area contributed by atoms with Crippen LogP contribution in [0.5, 0.6) is 0 Å². The highest BCUT2D eigenvalue weighted by molar-refractivity contribution is 5.92. The zero-order chi connectivity index (χ0) is 13.1. The van der Waals surface area contributed by atoms with Gasteiger partial charge >= 0.3 is 0 Å². The Kier molecular flexibility index (Phi) is 3.91. The van der Waals surface area contributed by atoms with Crippen molar-refractivity contribution in [2.24, 2.45) is 5.92 Å². The molecule has 18 heavy (non-hydrogen) atoms. The highest BCUT2D eigenvalue weighted by Crippen LogP contribution is 2.20. The zero-order valence-corrected chi connectivity index (χ0v) is 10.2. The Morgan fingerprint density at radius 3 is 2.89 bits per heavy atom. The van der Waals surface area contributed by atoms with Crippen LogP contribution in [0.2, 0.25) is 0 Å². The van der Waals surface area contributed by atoms with Gasteiger partial charge in [0.05, 0.1) is 11.6 Å². The molecule has 1 aliphatic heterocycles. The maximum absolute atomic E-state index is 13.4. The zero-order valence-electron chi connectivity index (χ0n) is 10.2. The number of benzene rings is 1. The van der Waals surface area contributed by atoms with Gasteiger partial charge in [-0.3, -0.25) is 4.79 Å². The van der Waals surface area contributed by atoms with Crippen LogP contribution >= 0.6 is 0 Å². The Bertz CT molecular complexity index is 451. The molecule has 0 unspecified atom stereocenters. The average Bonchev–Trinajstić information content (AvgIpc) is 2.32. The molecule has 1 N–H and O–H groups in total. The minimum atomic E-state index is -0.743. The molecule has 0 bridgehead atoms. The van der Waals surface area contributed by atoms with E-state index in [0.717, 1.165) is 31.5 Å². The fraction of sp³-hybridized carbons (Fsp3) is 0.462. The van der Waals surface area contributed by atoms with Crippen molar-refractivity contribution >= 4 is 11.6 Å². The summed E-state index contributed by atoms with van der Waals surface area (Å²) >= 11 is 0. The Labute approximate surface area is 105 Å². The standard InChI is InChI=1S/C13H16F2N2O/c1-17-6-2-3-9(8-17)13(18)16-12-5-4-10(14)7-11(12)15/h4-5,7,9H,2-3,6,8H2,1H3,(H,16,18)/t9-/m0/s1. The molecular formula is C13H16F2N2O. The van der Waals surface area contributed by atoms with Crippen molar-refractivity contribution in [1.29, 1.82) is 0 Å². The molecule has 0 saturated carbocycles. The SMILES string of the molecule is CN1CCC[C@H](C(=O)Nc2ccc(F)cc2F)C1. The third-order valence-corrected chi connectivity index (χ3v) is 3.18. The molecule has 0 aliphatic carbocycles. The van der Waals surface area contributed by atoms with Crippen molar-refractivity contribution in [3.63, 3.8) is 0 Å². The number of hydrogen-bond donors (Lipinski definition) is 1. The molecule has 1 heterocycles. The van der Waals surface area contributed by atoms with Gasteiger partial charge in [0.1, 0.15) is 11.6 Å². The van der Waals surface area contributed by atoms with Gasteiger partial charge in [0.15, 0.2) is 0 Å². The number of carbonyl (C=O) groups is 1. The molecule has 1 amide bonds. The monoisotopic (exact) mass is 254 g/mol. The van der Waals surface area contributed by atoms with Crippen molar-refractivity contribution in [2.45, 2.75) is 12.8 Å². The van der Waals surface area contributed by atoms with E-state index < -0.39 is 11.6 Å². The predicted octanol–water partition coefficient (Wildman–Crippen LogP) is 2.25. The molecule has 1 saturated heterocycles. The number of piperidine rings is 1. The third kappa shape index (κ3) is 3.04. The first kappa shape index (κ1) is 13.0. The Morgan fingerprint density at radius 2 is 2.22 bits per heavy atom. The number of hydrogen-bond acceptors (Lipinski definition) is 2. The maximum Gasteiger partial charge on any atom is 0.228 e. The van der Waals surface area contributed by atoms with Gasteiger partial charge in [0, 0.05) is 12.6 Å². The minimum absolute atomic E-state index is 0.0367. The van der Waals surface area contributed by atoms with Crippen molar-refractivity contribution in [3.05, 3.63) is 29.8 Å². The summed E-state index contributed by atoms with van der Waals surface area (Å²) in [7, 11) is 1.96. The van der Waals surface area contributed by atoms with Crippen LogP contribution in [0.4, 0.5) is 14.5 Å². The van der Waals surface area contributed by atoms with Crippen LogP contribution in [0.15, 0.2) is 18.2 Å². The molecule has 2 rings (SSSR count). The first-order valence-electron chi connectivity index (χ1n) is 6.00.